The molecule has 1 aromatic heterocycles. The third kappa shape index (κ3) is 6.54. The van der Waals surface area contributed by atoms with E-state index in [4.69, 9.17) is 4.74 Å². The highest BCUT2D eigenvalue weighted by atomic mass is 127. The molecule has 0 aliphatic heterocycles. The zero-order valence-corrected chi connectivity index (χ0v) is 13.5. The molecule has 1 N–H and O–H groups in total. The number of aromatic nitrogens is 1. The van der Waals surface area contributed by atoms with Crippen LogP contribution in [-0.2, 0) is 6.54 Å². The fourth-order valence-corrected chi connectivity index (χ4v) is 2.37. The fraction of sp³-hybridized carbons (Fsp3) is 0.643. The predicted molar refractivity (Wildman–Crippen MR) is 84.6 cm³/mol. The number of ether oxygens (including phenoxy) is 1. The average molecular weight is 362 g/mol. The molecule has 0 aliphatic rings. The summed E-state index contributed by atoms with van der Waals surface area (Å²) in [5, 5.41) is 3.44. The maximum absolute atomic E-state index is 5.24. The summed E-state index contributed by atoms with van der Waals surface area (Å²) in [6, 6.07) is 3.95. The first-order valence-corrected chi connectivity index (χ1v) is 8.07. The summed E-state index contributed by atoms with van der Waals surface area (Å²) in [5.41, 5.74) is 2.06. The van der Waals surface area contributed by atoms with Gasteiger partial charge in [0, 0.05) is 24.4 Å². The number of hydrogen-bond donors (Lipinski definition) is 1. The highest BCUT2D eigenvalue weighted by molar-refractivity contribution is 14.1. The van der Waals surface area contributed by atoms with Crippen LogP contribution >= 0.6 is 22.6 Å². The topological polar surface area (TPSA) is 34.1 Å². The van der Waals surface area contributed by atoms with Crippen LogP contribution in [0.2, 0.25) is 0 Å². The van der Waals surface area contributed by atoms with Gasteiger partial charge in [0.1, 0.15) is 5.75 Å². The number of rotatable bonds is 9. The van der Waals surface area contributed by atoms with Crippen LogP contribution in [0.15, 0.2) is 12.1 Å². The highest BCUT2D eigenvalue weighted by Crippen LogP contribution is 2.13. The maximum atomic E-state index is 5.24. The van der Waals surface area contributed by atoms with E-state index in [1.807, 2.05) is 19.1 Å². The van der Waals surface area contributed by atoms with E-state index in [-0.39, 0.29) is 0 Å². The second-order valence-electron chi connectivity index (χ2n) is 4.42. The van der Waals surface area contributed by atoms with Gasteiger partial charge in [0.25, 0.3) is 0 Å². The van der Waals surface area contributed by atoms with Gasteiger partial charge >= 0.3 is 0 Å². The number of pyridine rings is 1. The van der Waals surface area contributed by atoms with Crippen molar-refractivity contribution in [2.45, 2.75) is 39.2 Å². The first-order valence-electron chi connectivity index (χ1n) is 6.54. The van der Waals surface area contributed by atoms with Gasteiger partial charge in [0.15, 0.2) is 0 Å². The van der Waals surface area contributed by atoms with Crippen molar-refractivity contribution in [3.05, 3.63) is 23.5 Å². The average Bonchev–Trinajstić information content (AvgIpc) is 2.37. The number of nitrogens with one attached hydrogen (secondary N) is 1. The summed E-state index contributed by atoms with van der Waals surface area (Å²) in [5.74, 6) is 0.890. The van der Waals surface area contributed by atoms with Crippen molar-refractivity contribution in [2.75, 3.05) is 18.1 Å². The molecule has 1 rings (SSSR count). The van der Waals surface area contributed by atoms with E-state index in [0.717, 1.165) is 30.2 Å². The van der Waals surface area contributed by atoms with E-state index < -0.39 is 0 Å². The Labute approximate surface area is 124 Å². The Hall–Kier alpha value is -0.360. The van der Waals surface area contributed by atoms with E-state index in [1.54, 1.807) is 7.11 Å². The van der Waals surface area contributed by atoms with E-state index >= 15 is 0 Å². The molecule has 0 aromatic carbocycles. The Morgan fingerprint density at radius 1 is 1.22 bits per heavy atom. The fourth-order valence-electron chi connectivity index (χ4n) is 1.83. The summed E-state index contributed by atoms with van der Waals surface area (Å²) in [6.07, 6.45) is 5.26. The molecule has 0 atom stereocenters. The summed E-state index contributed by atoms with van der Waals surface area (Å²) in [7, 11) is 1.69. The Bertz CT molecular complexity index is 345. The van der Waals surface area contributed by atoms with E-state index in [1.165, 1.54) is 30.1 Å². The lowest BCUT2D eigenvalue weighted by Gasteiger charge is -2.07. The van der Waals surface area contributed by atoms with E-state index in [2.05, 4.69) is 32.9 Å². The highest BCUT2D eigenvalue weighted by Gasteiger charge is 2.00. The molecule has 1 heterocycles. The second kappa shape index (κ2) is 9.55. The Morgan fingerprint density at radius 2 is 2.00 bits per heavy atom. The molecule has 0 saturated heterocycles. The zero-order valence-electron chi connectivity index (χ0n) is 11.3. The number of halogens is 1. The van der Waals surface area contributed by atoms with Crippen molar-refractivity contribution in [2.24, 2.45) is 0 Å². The van der Waals surface area contributed by atoms with Crippen molar-refractivity contribution in [1.82, 2.24) is 10.3 Å². The minimum absolute atomic E-state index is 0.824. The summed E-state index contributed by atoms with van der Waals surface area (Å²) < 4.78 is 6.51. The standard InChI is InChI=1S/C14H23IN2O/c1-12-9-14(18-2)10-13(17-12)11-16-8-6-4-3-5-7-15/h9-10,16H,3-8,11H2,1-2H3. The van der Waals surface area contributed by atoms with Crippen molar-refractivity contribution >= 4 is 22.6 Å². The maximum Gasteiger partial charge on any atom is 0.122 e. The number of methoxy groups -OCH3 is 1. The monoisotopic (exact) mass is 362 g/mol. The second-order valence-corrected chi connectivity index (χ2v) is 5.50. The lowest BCUT2D eigenvalue weighted by Crippen LogP contribution is -2.15. The molecule has 0 amide bonds. The number of aryl methyl sites for hydroxylation is 1. The number of alkyl halides is 1. The lowest BCUT2D eigenvalue weighted by molar-refractivity contribution is 0.412. The first kappa shape index (κ1) is 15.7. The Morgan fingerprint density at radius 3 is 2.72 bits per heavy atom. The predicted octanol–water partition coefficient (Wildman–Crippen LogP) is 3.48. The molecule has 18 heavy (non-hydrogen) atoms. The molecule has 0 aliphatic carbocycles. The molecule has 4 heteroatoms. The number of hydrogen-bond acceptors (Lipinski definition) is 3. The summed E-state index contributed by atoms with van der Waals surface area (Å²) >= 11 is 2.44. The van der Waals surface area contributed by atoms with Crippen LogP contribution in [-0.4, -0.2) is 23.1 Å². The van der Waals surface area contributed by atoms with Gasteiger partial charge in [-0.2, -0.15) is 0 Å². The van der Waals surface area contributed by atoms with Crippen LogP contribution < -0.4 is 10.1 Å². The Kier molecular flexibility index (Phi) is 8.33. The van der Waals surface area contributed by atoms with Gasteiger partial charge in [-0.15, -0.1) is 0 Å². The Balaban J connectivity index is 2.20. The molecular formula is C14H23IN2O. The molecule has 0 fully saturated rings. The van der Waals surface area contributed by atoms with Gasteiger partial charge in [0.05, 0.1) is 12.8 Å². The first-order chi connectivity index (χ1) is 8.76. The van der Waals surface area contributed by atoms with Crippen molar-refractivity contribution in [1.29, 1.82) is 0 Å². The molecule has 3 nitrogen and oxygen atoms in total. The van der Waals surface area contributed by atoms with Gasteiger partial charge < -0.3 is 10.1 Å². The van der Waals surface area contributed by atoms with Gasteiger partial charge in [0.2, 0.25) is 0 Å². The third-order valence-corrected chi connectivity index (χ3v) is 3.52. The van der Waals surface area contributed by atoms with Gasteiger partial charge in [-0.05, 0) is 30.7 Å². The van der Waals surface area contributed by atoms with E-state index in [9.17, 15) is 0 Å². The van der Waals surface area contributed by atoms with Crippen LogP contribution in [0.5, 0.6) is 5.75 Å². The van der Waals surface area contributed by atoms with Crippen LogP contribution in [0, 0.1) is 6.92 Å². The molecule has 1 aromatic rings. The zero-order chi connectivity index (χ0) is 13.2. The molecule has 0 bridgehead atoms. The molecule has 102 valence electrons. The largest absolute Gasteiger partial charge is 0.497 e. The van der Waals surface area contributed by atoms with Crippen molar-refractivity contribution in [3.63, 3.8) is 0 Å². The summed E-state index contributed by atoms with van der Waals surface area (Å²) in [4.78, 5) is 4.49. The van der Waals surface area contributed by atoms with Gasteiger partial charge in [-0.3, -0.25) is 4.98 Å². The molecule has 0 radical (unpaired) electrons. The summed E-state index contributed by atoms with van der Waals surface area (Å²) in [6.45, 7) is 3.89. The van der Waals surface area contributed by atoms with Crippen LogP contribution in [0.4, 0.5) is 0 Å². The van der Waals surface area contributed by atoms with Crippen LogP contribution in [0.25, 0.3) is 0 Å². The van der Waals surface area contributed by atoms with Crippen LogP contribution in [0.1, 0.15) is 37.1 Å². The normalized spacial score (nSPS) is 10.6. The van der Waals surface area contributed by atoms with Crippen LogP contribution in [0.3, 0.4) is 0 Å². The quantitative estimate of drug-likeness (QED) is 0.415. The smallest absolute Gasteiger partial charge is 0.122 e. The van der Waals surface area contributed by atoms with Gasteiger partial charge in [-0.1, -0.05) is 35.4 Å². The third-order valence-electron chi connectivity index (χ3n) is 2.76. The molecule has 0 saturated carbocycles. The van der Waals surface area contributed by atoms with Crippen molar-refractivity contribution < 1.29 is 4.74 Å². The van der Waals surface area contributed by atoms with E-state index in [0.29, 0.717) is 0 Å². The molecule has 0 spiro atoms. The minimum Gasteiger partial charge on any atom is -0.497 e. The van der Waals surface area contributed by atoms with Crippen molar-refractivity contribution in [3.8, 4) is 5.75 Å². The number of nitrogens with zero attached hydrogens (tertiary/aromatic N) is 1. The SMILES string of the molecule is COc1cc(C)nc(CNCCCCCCI)c1. The lowest BCUT2D eigenvalue weighted by atomic mass is 10.2. The number of unbranched alkanes of at least 4 members (excludes halogenated alkanes) is 3. The molecule has 0 unspecified atom stereocenters. The van der Waals surface area contributed by atoms with Gasteiger partial charge in [-0.25, -0.2) is 0 Å². The molecular weight excluding hydrogens is 339 g/mol. The minimum atomic E-state index is 0.824.